The number of aryl methyl sites for hydroxylation is 1. The highest BCUT2D eigenvalue weighted by molar-refractivity contribution is 6.31. The van der Waals surface area contributed by atoms with Gasteiger partial charge in [-0.1, -0.05) is 35.4 Å². The van der Waals surface area contributed by atoms with Crippen LogP contribution in [0, 0.1) is 6.92 Å². The van der Waals surface area contributed by atoms with Crippen molar-refractivity contribution in [3.63, 3.8) is 0 Å². The van der Waals surface area contributed by atoms with Gasteiger partial charge in [-0.15, -0.1) is 0 Å². The summed E-state index contributed by atoms with van der Waals surface area (Å²) in [7, 11) is 0. The molecule has 0 bridgehead atoms. The number of hydrogen-bond acceptors (Lipinski definition) is 7. The standard InChI is InChI=1S/C33H31ClN2O7/c1-21-4-7-23(8-5-21)33(39)36(17-26-3-2-12-40-26)18-31(37)35(15-22-6-10-29-30(13-22)43-20-42-29)16-24-19-41-28-11-9-25(34)14-27(28)32(24)38/h4-11,13-14,19,26H,2-3,12,15-18,20H2,1H3. The molecule has 0 N–H and O–H groups in total. The molecule has 0 radical (unpaired) electrons. The number of amides is 2. The van der Waals surface area contributed by atoms with E-state index in [4.69, 9.17) is 30.2 Å². The first-order valence-electron chi connectivity index (χ1n) is 14.2. The van der Waals surface area contributed by atoms with Crippen molar-refractivity contribution in [3.05, 3.63) is 104 Å². The van der Waals surface area contributed by atoms with Gasteiger partial charge in [-0.05, 0) is 67.8 Å². The van der Waals surface area contributed by atoms with E-state index in [-0.39, 0.29) is 56.3 Å². The minimum Gasteiger partial charge on any atom is -0.464 e. The SMILES string of the molecule is Cc1ccc(C(=O)N(CC(=O)N(Cc2ccc3c(c2)OCO3)Cc2coc3ccc(Cl)cc3c2=O)CC2CCCO2)cc1. The van der Waals surface area contributed by atoms with Crippen molar-refractivity contribution in [1.29, 1.82) is 0 Å². The summed E-state index contributed by atoms with van der Waals surface area (Å²) in [5.41, 5.74) is 2.72. The Morgan fingerprint density at radius 3 is 2.56 bits per heavy atom. The Hall–Kier alpha value is -4.34. The van der Waals surface area contributed by atoms with Crippen molar-refractivity contribution in [1.82, 2.24) is 9.80 Å². The van der Waals surface area contributed by atoms with E-state index in [0.29, 0.717) is 45.2 Å². The van der Waals surface area contributed by atoms with Gasteiger partial charge in [0.05, 0.1) is 29.9 Å². The summed E-state index contributed by atoms with van der Waals surface area (Å²) in [5.74, 6) is 0.618. The smallest absolute Gasteiger partial charge is 0.254 e. The summed E-state index contributed by atoms with van der Waals surface area (Å²) < 4.78 is 22.5. The van der Waals surface area contributed by atoms with Gasteiger partial charge >= 0.3 is 0 Å². The number of hydrogen-bond donors (Lipinski definition) is 0. The number of ether oxygens (including phenoxy) is 3. The maximum atomic E-state index is 14.1. The Bertz CT molecular complexity index is 1710. The molecular weight excluding hydrogens is 572 g/mol. The monoisotopic (exact) mass is 602 g/mol. The Balaban J connectivity index is 1.31. The molecule has 2 aliphatic rings. The number of halogens is 1. The molecule has 1 saturated heterocycles. The van der Waals surface area contributed by atoms with Crippen LogP contribution in [0.2, 0.25) is 5.02 Å². The number of carbonyl (C=O) groups is 2. The van der Waals surface area contributed by atoms with Gasteiger partial charge in [-0.3, -0.25) is 14.4 Å². The number of carbonyl (C=O) groups excluding carboxylic acids is 2. The minimum absolute atomic E-state index is 0.0372. The third-order valence-electron chi connectivity index (χ3n) is 7.69. The zero-order chi connectivity index (χ0) is 29.9. The fourth-order valence-corrected chi connectivity index (χ4v) is 5.52. The Labute approximate surface area is 253 Å². The van der Waals surface area contributed by atoms with Gasteiger partial charge in [0.2, 0.25) is 12.7 Å². The second-order valence-electron chi connectivity index (χ2n) is 10.9. The van der Waals surface area contributed by atoms with Crippen molar-refractivity contribution in [3.8, 4) is 11.5 Å². The number of benzene rings is 3. The van der Waals surface area contributed by atoms with E-state index in [9.17, 15) is 14.4 Å². The van der Waals surface area contributed by atoms with Gasteiger partial charge in [-0.2, -0.15) is 0 Å². The van der Waals surface area contributed by atoms with Crippen molar-refractivity contribution in [2.75, 3.05) is 26.5 Å². The van der Waals surface area contributed by atoms with E-state index in [0.717, 1.165) is 24.0 Å². The lowest BCUT2D eigenvalue weighted by Crippen LogP contribution is -2.45. The molecule has 6 rings (SSSR count). The van der Waals surface area contributed by atoms with Gasteiger partial charge in [0.1, 0.15) is 12.1 Å². The van der Waals surface area contributed by atoms with Crippen LogP contribution in [0.3, 0.4) is 0 Å². The molecule has 0 aliphatic carbocycles. The van der Waals surface area contributed by atoms with Gasteiger partial charge in [0, 0.05) is 30.3 Å². The highest BCUT2D eigenvalue weighted by atomic mass is 35.5. The highest BCUT2D eigenvalue weighted by Crippen LogP contribution is 2.33. The lowest BCUT2D eigenvalue weighted by atomic mass is 10.1. The molecule has 222 valence electrons. The maximum absolute atomic E-state index is 14.1. The largest absolute Gasteiger partial charge is 0.464 e. The van der Waals surface area contributed by atoms with Crippen molar-refractivity contribution in [2.24, 2.45) is 0 Å². The molecule has 0 saturated carbocycles. The molecule has 3 aromatic carbocycles. The van der Waals surface area contributed by atoms with Crippen LogP contribution in [0.15, 0.2) is 76.1 Å². The number of fused-ring (bicyclic) bond motifs is 2. The van der Waals surface area contributed by atoms with Crippen LogP contribution in [0.25, 0.3) is 11.0 Å². The summed E-state index contributed by atoms with van der Waals surface area (Å²) in [6, 6.07) is 17.6. The molecule has 4 aromatic rings. The molecule has 1 unspecified atom stereocenters. The lowest BCUT2D eigenvalue weighted by Gasteiger charge is -2.29. The maximum Gasteiger partial charge on any atom is 0.254 e. The first-order chi connectivity index (χ1) is 20.8. The second kappa shape index (κ2) is 12.5. The van der Waals surface area contributed by atoms with Crippen molar-refractivity contribution in [2.45, 2.75) is 39.0 Å². The topological polar surface area (TPSA) is 98.5 Å². The van der Waals surface area contributed by atoms with Crippen molar-refractivity contribution < 1.29 is 28.2 Å². The summed E-state index contributed by atoms with van der Waals surface area (Å²) in [4.78, 5) is 44.3. The van der Waals surface area contributed by atoms with Crippen LogP contribution in [-0.4, -0.2) is 54.2 Å². The van der Waals surface area contributed by atoms with Gasteiger partial charge in [0.15, 0.2) is 16.9 Å². The quantitative estimate of drug-likeness (QED) is 0.255. The predicted octanol–water partition coefficient (Wildman–Crippen LogP) is 5.33. The van der Waals surface area contributed by atoms with E-state index >= 15 is 0 Å². The van der Waals surface area contributed by atoms with Gasteiger partial charge in [-0.25, -0.2) is 0 Å². The van der Waals surface area contributed by atoms with Crippen LogP contribution in [0.5, 0.6) is 11.5 Å². The number of rotatable bonds is 9. The molecule has 0 spiro atoms. The third-order valence-corrected chi connectivity index (χ3v) is 7.93. The summed E-state index contributed by atoms with van der Waals surface area (Å²) in [5, 5.41) is 0.736. The molecule has 1 aromatic heterocycles. The van der Waals surface area contributed by atoms with Gasteiger partial charge in [0.25, 0.3) is 5.91 Å². The van der Waals surface area contributed by atoms with E-state index < -0.39 is 0 Å². The van der Waals surface area contributed by atoms with E-state index in [2.05, 4.69) is 0 Å². The highest BCUT2D eigenvalue weighted by Gasteiger charge is 2.28. The fourth-order valence-electron chi connectivity index (χ4n) is 5.35. The molecule has 2 amide bonds. The average molecular weight is 603 g/mol. The molecule has 10 heteroatoms. The summed E-state index contributed by atoms with van der Waals surface area (Å²) in [6.45, 7) is 2.92. The van der Waals surface area contributed by atoms with Gasteiger partial charge < -0.3 is 28.4 Å². The molecule has 9 nitrogen and oxygen atoms in total. The first kappa shape index (κ1) is 28.8. The van der Waals surface area contributed by atoms with Crippen LogP contribution in [0.4, 0.5) is 0 Å². The molecular formula is C33H31ClN2O7. The van der Waals surface area contributed by atoms with E-state index in [1.54, 1.807) is 41.3 Å². The zero-order valence-electron chi connectivity index (χ0n) is 23.7. The second-order valence-corrected chi connectivity index (χ2v) is 11.3. The fraction of sp³-hybridized carbons (Fsp3) is 0.303. The van der Waals surface area contributed by atoms with Crippen molar-refractivity contribution >= 4 is 34.4 Å². The Kier molecular flexibility index (Phi) is 8.35. The van der Waals surface area contributed by atoms with Crippen LogP contribution in [-0.2, 0) is 22.6 Å². The molecule has 1 fully saturated rings. The zero-order valence-corrected chi connectivity index (χ0v) is 24.5. The average Bonchev–Trinajstić information content (AvgIpc) is 3.70. The molecule has 2 aliphatic heterocycles. The summed E-state index contributed by atoms with van der Waals surface area (Å²) in [6.07, 6.45) is 2.94. The first-order valence-corrected chi connectivity index (χ1v) is 14.6. The normalized spacial score (nSPS) is 15.5. The summed E-state index contributed by atoms with van der Waals surface area (Å²) >= 11 is 6.15. The molecule has 43 heavy (non-hydrogen) atoms. The van der Waals surface area contributed by atoms with Crippen LogP contribution >= 0.6 is 11.6 Å². The third kappa shape index (κ3) is 6.53. The number of nitrogens with zero attached hydrogens (tertiary/aromatic N) is 2. The minimum atomic E-state index is -0.332. The van der Waals surface area contributed by atoms with E-state index in [1.165, 1.54) is 11.2 Å². The Morgan fingerprint density at radius 2 is 1.77 bits per heavy atom. The lowest BCUT2D eigenvalue weighted by molar-refractivity contribution is -0.133. The van der Waals surface area contributed by atoms with Crippen LogP contribution < -0.4 is 14.9 Å². The van der Waals surface area contributed by atoms with Crippen LogP contribution in [0.1, 0.15) is 39.9 Å². The molecule has 1 atom stereocenters. The van der Waals surface area contributed by atoms with E-state index in [1.807, 2.05) is 31.2 Å². The predicted molar refractivity (Wildman–Crippen MR) is 160 cm³/mol. The Morgan fingerprint density at radius 1 is 0.953 bits per heavy atom. The molecule has 3 heterocycles.